The maximum absolute atomic E-state index is 5.29. The molecule has 0 fully saturated rings. The van der Waals surface area contributed by atoms with E-state index < -0.39 is 0 Å². The first kappa shape index (κ1) is 13.3. The van der Waals surface area contributed by atoms with Crippen LogP contribution >= 0.6 is 15.9 Å². The lowest BCUT2D eigenvalue weighted by Gasteiger charge is -2.16. The van der Waals surface area contributed by atoms with Gasteiger partial charge in [-0.25, -0.2) is 0 Å². The van der Waals surface area contributed by atoms with E-state index >= 15 is 0 Å². The van der Waals surface area contributed by atoms with Gasteiger partial charge in [0, 0.05) is 11.0 Å². The van der Waals surface area contributed by atoms with Crippen LogP contribution in [-0.4, -0.2) is 27.8 Å². The Bertz CT molecular complexity index is 355. The van der Waals surface area contributed by atoms with Crippen LogP contribution in [0.25, 0.3) is 0 Å². The van der Waals surface area contributed by atoms with Crippen molar-refractivity contribution in [1.29, 1.82) is 0 Å². The minimum absolute atomic E-state index is 0.416. The Balaban J connectivity index is 3.10. The quantitative estimate of drug-likeness (QED) is 0.903. The van der Waals surface area contributed by atoms with Crippen molar-refractivity contribution in [1.82, 2.24) is 5.32 Å². The molecule has 16 heavy (non-hydrogen) atoms. The molecule has 3 nitrogen and oxygen atoms in total. The zero-order valence-corrected chi connectivity index (χ0v) is 11.7. The molecule has 1 N–H and O–H groups in total. The molecule has 1 unspecified atom stereocenters. The molecule has 0 saturated heterocycles. The highest BCUT2D eigenvalue weighted by Crippen LogP contribution is 2.36. The zero-order valence-electron chi connectivity index (χ0n) is 10.1. The molecule has 0 aliphatic carbocycles. The third-order valence-corrected chi connectivity index (χ3v) is 3.23. The number of hydrogen-bond donors (Lipinski definition) is 1. The van der Waals surface area contributed by atoms with E-state index in [1.807, 2.05) is 19.2 Å². The summed E-state index contributed by atoms with van der Waals surface area (Å²) < 4.78 is 11.6. The molecule has 1 atom stereocenters. The number of nitrogens with one attached hydrogen (secondary N) is 1. The molecule has 0 radical (unpaired) electrons. The van der Waals surface area contributed by atoms with Crippen LogP contribution in [0, 0.1) is 0 Å². The summed E-state index contributed by atoms with van der Waals surface area (Å²) in [7, 11) is 5.24. The predicted molar refractivity (Wildman–Crippen MR) is 69.6 cm³/mol. The number of benzene rings is 1. The molecular weight excluding hydrogens is 270 g/mol. The van der Waals surface area contributed by atoms with Gasteiger partial charge in [0.15, 0.2) is 11.5 Å². The summed E-state index contributed by atoms with van der Waals surface area (Å²) in [6.45, 7) is 3.09. The summed E-state index contributed by atoms with van der Waals surface area (Å²) in [5, 5.41) is 3.17. The summed E-state index contributed by atoms with van der Waals surface area (Å²) >= 11 is 3.56. The third-order valence-electron chi connectivity index (χ3n) is 2.54. The Morgan fingerprint density at radius 3 is 2.31 bits per heavy atom. The Morgan fingerprint density at radius 2 is 1.81 bits per heavy atom. The normalized spacial score (nSPS) is 12.3. The summed E-state index contributed by atoms with van der Waals surface area (Å²) in [6.07, 6.45) is 0. The second kappa shape index (κ2) is 6.11. The van der Waals surface area contributed by atoms with Gasteiger partial charge in [-0.1, -0.05) is 22.9 Å². The van der Waals surface area contributed by atoms with Gasteiger partial charge in [0.05, 0.1) is 14.2 Å². The fourth-order valence-corrected chi connectivity index (χ4v) is 2.38. The van der Waals surface area contributed by atoms with Gasteiger partial charge in [0.25, 0.3) is 0 Å². The van der Waals surface area contributed by atoms with E-state index in [9.17, 15) is 0 Å². The predicted octanol–water partition coefficient (Wildman–Crippen LogP) is 2.79. The molecule has 4 heteroatoms. The van der Waals surface area contributed by atoms with E-state index in [-0.39, 0.29) is 0 Å². The lowest BCUT2D eigenvalue weighted by Crippen LogP contribution is -2.15. The second-order valence-corrected chi connectivity index (χ2v) is 4.54. The van der Waals surface area contributed by atoms with Crippen molar-refractivity contribution in [2.75, 3.05) is 27.8 Å². The lowest BCUT2D eigenvalue weighted by molar-refractivity contribution is 0.354. The number of likely N-dealkylation sites (N-methyl/N-ethyl adjacent to an activating group) is 1. The van der Waals surface area contributed by atoms with Crippen molar-refractivity contribution in [2.45, 2.75) is 12.8 Å². The molecule has 1 aromatic rings. The fourth-order valence-electron chi connectivity index (χ4n) is 1.66. The lowest BCUT2D eigenvalue weighted by atomic mass is 10.0. The molecule has 1 rings (SSSR count). The fraction of sp³-hybridized carbons (Fsp3) is 0.500. The molecule has 0 amide bonds. The van der Waals surface area contributed by atoms with Crippen LogP contribution in [0.2, 0.25) is 0 Å². The molecule has 0 saturated carbocycles. The molecule has 0 aromatic heterocycles. The Hall–Kier alpha value is -0.740. The standard InChI is InChI=1S/C12H18BrNO2/c1-8(7-14-2)9-5-11(15-3)12(16-4)6-10(9)13/h5-6,8,14H,7H2,1-4H3. The van der Waals surface area contributed by atoms with Gasteiger partial charge in [0.2, 0.25) is 0 Å². The molecule has 0 spiro atoms. The van der Waals surface area contributed by atoms with Gasteiger partial charge < -0.3 is 14.8 Å². The highest BCUT2D eigenvalue weighted by Gasteiger charge is 2.13. The highest BCUT2D eigenvalue weighted by atomic mass is 79.9. The topological polar surface area (TPSA) is 30.5 Å². The molecular formula is C12H18BrNO2. The summed E-state index contributed by atoms with van der Waals surface area (Å²) in [5.74, 6) is 1.93. The average molecular weight is 288 g/mol. The van der Waals surface area contributed by atoms with Crippen LogP contribution < -0.4 is 14.8 Å². The molecule has 0 heterocycles. The van der Waals surface area contributed by atoms with Crippen LogP contribution in [0.3, 0.4) is 0 Å². The zero-order chi connectivity index (χ0) is 12.1. The van der Waals surface area contributed by atoms with Crippen LogP contribution in [0.4, 0.5) is 0 Å². The number of halogens is 1. The summed E-state index contributed by atoms with van der Waals surface area (Å²) in [4.78, 5) is 0. The minimum Gasteiger partial charge on any atom is -0.493 e. The van der Waals surface area contributed by atoms with E-state index in [1.54, 1.807) is 14.2 Å². The van der Waals surface area contributed by atoms with Crippen LogP contribution in [0.15, 0.2) is 16.6 Å². The van der Waals surface area contributed by atoms with Crippen molar-refractivity contribution in [3.63, 3.8) is 0 Å². The Labute approximate surface area is 105 Å². The first-order valence-corrected chi connectivity index (χ1v) is 5.99. The minimum atomic E-state index is 0.416. The SMILES string of the molecule is CNCC(C)c1cc(OC)c(OC)cc1Br. The number of hydrogen-bond acceptors (Lipinski definition) is 3. The second-order valence-electron chi connectivity index (χ2n) is 3.69. The average Bonchev–Trinajstić information content (AvgIpc) is 2.28. The Morgan fingerprint density at radius 1 is 1.25 bits per heavy atom. The third kappa shape index (κ3) is 2.89. The maximum atomic E-state index is 5.29. The molecule has 0 bridgehead atoms. The van der Waals surface area contributed by atoms with Crippen LogP contribution in [0.1, 0.15) is 18.4 Å². The van der Waals surface area contributed by atoms with Gasteiger partial charge >= 0.3 is 0 Å². The van der Waals surface area contributed by atoms with Crippen molar-refractivity contribution in [3.05, 3.63) is 22.2 Å². The largest absolute Gasteiger partial charge is 0.493 e. The van der Waals surface area contributed by atoms with Gasteiger partial charge in [-0.2, -0.15) is 0 Å². The van der Waals surface area contributed by atoms with E-state index in [1.165, 1.54) is 5.56 Å². The maximum Gasteiger partial charge on any atom is 0.161 e. The van der Waals surface area contributed by atoms with E-state index in [4.69, 9.17) is 9.47 Å². The van der Waals surface area contributed by atoms with E-state index in [2.05, 4.69) is 28.2 Å². The summed E-state index contributed by atoms with van der Waals surface area (Å²) in [5.41, 5.74) is 1.21. The van der Waals surface area contributed by atoms with Gasteiger partial charge in [-0.15, -0.1) is 0 Å². The first-order valence-electron chi connectivity index (χ1n) is 5.20. The van der Waals surface area contributed by atoms with Gasteiger partial charge in [-0.3, -0.25) is 0 Å². The van der Waals surface area contributed by atoms with Gasteiger partial charge in [0.1, 0.15) is 0 Å². The van der Waals surface area contributed by atoms with Crippen LogP contribution in [-0.2, 0) is 0 Å². The highest BCUT2D eigenvalue weighted by molar-refractivity contribution is 9.10. The number of methoxy groups -OCH3 is 2. The van der Waals surface area contributed by atoms with Crippen LogP contribution in [0.5, 0.6) is 11.5 Å². The van der Waals surface area contributed by atoms with Crippen molar-refractivity contribution in [2.24, 2.45) is 0 Å². The van der Waals surface area contributed by atoms with E-state index in [0.717, 1.165) is 22.5 Å². The number of ether oxygens (including phenoxy) is 2. The summed E-state index contributed by atoms with van der Waals surface area (Å²) in [6, 6.07) is 3.96. The Kier molecular flexibility index (Phi) is 5.09. The molecule has 1 aromatic carbocycles. The van der Waals surface area contributed by atoms with Crippen molar-refractivity contribution < 1.29 is 9.47 Å². The van der Waals surface area contributed by atoms with Crippen molar-refractivity contribution in [3.8, 4) is 11.5 Å². The first-order chi connectivity index (χ1) is 7.63. The molecule has 90 valence electrons. The number of rotatable bonds is 5. The molecule has 0 aliphatic rings. The van der Waals surface area contributed by atoms with Gasteiger partial charge in [-0.05, 0) is 30.7 Å². The monoisotopic (exact) mass is 287 g/mol. The smallest absolute Gasteiger partial charge is 0.161 e. The molecule has 0 aliphatic heterocycles. The van der Waals surface area contributed by atoms with E-state index in [0.29, 0.717) is 5.92 Å². The van der Waals surface area contributed by atoms with Crippen molar-refractivity contribution >= 4 is 15.9 Å².